The van der Waals surface area contributed by atoms with Crippen molar-refractivity contribution in [2.75, 3.05) is 17.1 Å². The zero-order valence-electron chi connectivity index (χ0n) is 16.8. The average molecular weight is 391 g/mol. The molecule has 0 unspecified atom stereocenters. The van der Waals surface area contributed by atoms with Gasteiger partial charge in [-0.15, -0.1) is 0 Å². The van der Waals surface area contributed by atoms with E-state index in [1.807, 2.05) is 34.6 Å². The summed E-state index contributed by atoms with van der Waals surface area (Å²) >= 11 is 0. The number of anilines is 2. The van der Waals surface area contributed by atoms with Gasteiger partial charge in [-0.25, -0.2) is 8.42 Å². The van der Waals surface area contributed by atoms with Gasteiger partial charge in [-0.1, -0.05) is 0 Å². The van der Waals surface area contributed by atoms with Crippen molar-refractivity contribution in [2.45, 2.75) is 46.4 Å². The molecule has 0 radical (unpaired) electrons. The minimum Gasteiger partial charge on any atom is -0.495 e. The lowest BCUT2D eigenvalue weighted by molar-refractivity contribution is -0.114. The Morgan fingerprint density at radius 2 is 1.44 bits per heavy atom. The number of rotatable bonds is 5. The second-order valence-electron chi connectivity index (χ2n) is 6.66. The Hall–Kier alpha value is -2.54. The van der Waals surface area contributed by atoms with Crippen LogP contribution in [-0.2, 0) is 14.8 Å². The summed E-state index contributed by atoms with van der Waals surface area (Å²) in [5.41, 5.74) is 5.24. The zero-order valence-corrected chi connectivity index (χ0v) is 17.6. The number of ether oxygens (including phenoxy) is 1. The van der Waals surface area contributed by atoms with Crippen molar-refractivity contribution in [2.24, 2.45) is 0 Å². The van der Waals surface area contributed by atoms with Crippen LogP contribution < -0.4 is 14.8 Å². The fourth-order valence-electron chi connectivity index (χ4n) is 3.13. The first kappa shape index (κ1) is 20.8. The molecule has 0 fully saturated rings. The summed E-state index contributed by atoms with van der Waals surface area (Å²) in [7, 11) is -2.32. The lowest BCUT2D eigenvalue weighted by Gasteiger charge is -2.20. The monoisotopic (exact) mass is 390 g/mol. The van der Waals surface area contributed by atoms with Crippen LogP contribution in [-0.4, -0.2) is 21.4 Å². The van der Waals surface area contributed by atoms with Crippen LogP contribution in [0.4, 0.5) is 11.4 Å². The van der Waals surface area contributed by atoms with Gasteiger partial charge in [0, 0.05) is 6.92 Å². The molecule has 2 aromatic rings. The van der Waals surface area contributed by atoms with Crippen LogP contribution in [0.3, 0.4) is 0 Å². The topological polar surface area (TPSA) is 84.5 Å². The Morgan fingerprint density at radius 1 is 0.926 bits per heavy atom. The summed E-state index contributed by atoms with van der Waals surface area (Å²) in [6.45, 7) is 10.9. The first-order chi connectivity index (χ1) is 12.5. The van der Waals surface area contributed by atoms with Gasteiger partial charge in [0.05, 0.1) is 23.4 Å². The van der Waals surface area contributed by atoms with E-state index in [0.29, 0.717) is 22.0 Å². The second kappa shape index (κ2) is 7.60. The molecule has 27 heavy (non-hydrogen) atoms. The molecule has 0 aliphatic carbocycles. The molecule has 0 saturated carbocycles. The third-order valence-electron chi connectivity index (χ3n) is 4.96. The van der Waals surface area contributed by atoms with E-state index in [2.05, 4.69) is 10.0 Å². The minimum atomic E-state index is -3.80. The molecular formula is C20H26N2O4S. The molecule has 0 aliphatic rings. The van der Waals surface area contributed by atoms with Crippen molar-refractivity contribution in [1.29, 1.82) is 0 Å². The van der Waals surface area contributed by atoms with Gasteiger partial charge in [0.15, 0.2) is 0 Å². The molecule has 2 aromatic carbocycles. The van der Waals surface area contributed by atoms with Crippen LogP contribution in [0.15, 0.2) is 23.1 Å². The van der Waals surface area contributed by atoms with Crippen LogP contribution in [0.25, 0.3) is 0 Å². The van der Waals surface area contributed by atoms with Gasteiger partial charge in [-0.2, -0.15) is 0 Å². The Labute approximate surface area is 161 Å². The van der Waals surface area contributed by atoms with Crippen molar-refractivity contribution < 1.29 is 17.9 Å². The predicted octanol–water partition coefficient (Wildman–Crippen LogP) is 4.00. The molecule has 0 spiro atoms. The normalized spacial score (nSPS) is 11.2. The van der Waals surface area contributed by atoms with Gasteiger partial charge in [0.2, 0.25) is 5.91 Å². The van der Waals surface area contributed by atoms with Crippen LogP contribution in [0, 0.1) is 34.6 Å². The molecule has 0 aliphatic heterocycles. The maximum atomic E-state index is 13.1. The van der Waals surface area contributed by atoms with E-state index in [0.717, 1.165) is 27.8 Å². The first-order valence-electron chi connectivity index (χ1n) is 8.55. The molecule has 0 saturated heterocycles. The smallest absolute Gasteiger partial charge is 0.262 e. The highest BCUT2D eigenvalue weighted by Gasteiger charge is 2.24. The second-order valence-corrected chi connectivity index (χ2v) is 8.28. The molecule has 7 heteroatoms. The van der Waals surface area contributed by atoms with E-state index in [1.54, 1.807) is 12.1 Å². The number of carbonyl (C=O) groups is 1. The van der Waals surface area contributed by atoms with E-state index in [-0.39, 0.29) is 5.91 Å². The van der Waals surface area contributed by atoms with Crippen LogP contribution >= 0.6 is 0 Å². The maximum Gasteiger partial charge on any atom is 0.262 e. The Bertz CT molecular complexity index is 982. The van der Waals surface area contributed by atoms with Gasteiger partial charge >= 0.3 is 0 Å². The number of benzene rings is 2. The SMILES string of the molecule is COc1ccc(NS(=O)(=O)c2c(C)c(C)c(C)c(C)c2C)cc1NC(C)=O. The summed E-state index contributed by atoms with van der Waals surface area (Å²) < 4.78 is 34.1. The first-order valence-corrected chi connectivity index (χ1v) is 10.0. The number of amides is 1. The standard InChI is InChI=1S/C20H26N2O4S/c1-11-12(2)14(4)20(15(5)13(11)3)27(24,25)22-17-8-9-19(26-7)18(10-17)21-16(6)23/h8-10,22H,1-7H3,(H,21,23). The largest absolute Gasteiger partial charge is 0.495 e. The van der Waals surface area contributed by atoms with E-state index in [4.69, 9.17) is 4.74 Å². The van der Waals surface area contributed by atoms with Crippen LogP contribution in [0.2, 0.25) is 0 Å². The highest BCUT2D eigenvalue weighted by Crippen LogP contribution is 2.33. The molecule has 2 rings (SSSR count). The van der Waals surface area contributed by atoms with Crippen LogP contribution in [0.1, 0.15) is 34.7 Å². The van der Waals surface area contributed by atoms with Gasteiger partial charge < -0.3 is 10.1 Å². The van der Waals surface area contributed by atoms with E-state index in [1.165, 1.54) is 20.1 Å². The summed E-state index contributed by atoms with van der Waals surface area (Å²) in [5.74, 6) is 0.173. The molecule has 0 atom stereocenters. The molecular weight excluding hydrogens is 364 g/mol. The summed E-state index contributed by atoms with van der Waals surface area (Å²) in [4.78, 5) is 11.7. The number of methoxy groups -OCH3 is 1. The van der Waals surface area contributed by atoms with Crippen LogP contribution in [0.5, 0.6) is 5.75 Å². The maximum absolute atomic E-state index is 13.1. The number of hydrogen-bond donors (Lipinski definition) is 2. The van der Waals surface area contributed by atoms with Crippen molar-refractivity contribution in [1.82, 2.24) is 0 Å². The van der Waals surface area contributed by atoms with E-state index < -0.39 is 10.0 Å². The number of carbonyl (C=O) groups excluding carboxylic acids is 1. The van der Waals surface area contributed by atoms with Gasteiger partial charge in [0.25, 0.3) is 10.0 Å². The highest BCUT2D eigenvalue weighted by molar-refractivity contribution is 7.92. The van der Waals surface area contributed by atoms with Gasteiger partial charge in [0.1, 0.15) is 5.75 Å². The lowest BCUT2D eigenvalue weighted by Crippen LogP contribution is -2.18. The third-order valence-corrected chi connectivity index (χ3v) is 6.62. The Balaban J connectivity index is 2.54. The summed E-state index contributed by atoms with van der Waals surface area (Å²) in [5, 5.41) is 2.64. The quantitative estimate of drug-likeness (QED) is 0.808. The van der Waals surface area contributed by atoms with E-state index in [9.17, 15) is 13.2 Å². The van der Waals surface area contributed by atoms with Crippen molar-refractivity contribution in [3.05, 3.63) is 46.0 Å². The number of hydrogen-bond acceptors (Lipinski definition) is 4. The zero-order chi connectivity index (χ0) is 20.5. The molecule has 1 amide bonds. The Morgan fingerprint density at radius 3 is 1.93 bits per heavy atom. The predicted molar refractivity (Wildman–Crippen MR) is 108 cm³/mol. The number of nitrogens with one attached hydrogen (secondary N) is 2. The van der Waals surface area contributed by atoms with Gasteiger partial charge in [-0.3, -0.25) is 9.52 Å². The molecule has 2 N–H and O–H groups in total. The molecule has 0 heterocycles. The van der Waals surface area contributed by atoms with Crippen molar-refractivity contribution >= 4 is 27.3 Å². The fourth-order valence-corrected chi connectivity index (χ4v) is 4.79. The van der Waals surface area contributed by atoms with Gasteiger partial charge in [-0.05, 0) is 80.6 Å². The van der Waals surface area contributed by atoms with E-state index >= 15 is 0 Å². The molecule has 146 valence electrons. The average Bonchev–Trinajstić information content (AvgIpc) is 2.57. The summed E-state index contributed by atoms with van der Waals surface area (Å²) in [6.07, 6.45) is 0. The van der Waals surface area contributed by atoms with Crippen molar-refractivity contribution in [3.63, 3.8) is 0 Å². The lowest BCUT2D eigenvalue weighted by atomic mass is 9.95. The third kappa shape index (κ3) is 4.08. The fraction of sp³-hybridized carbons (Fsp3) is 0.350. The summed E-state index contributed by atoms with van der Waals surface area (Å²) in [6, 6.07) is 4.74. The highest BCUT2D eigenvalue weighted by atomic mass is 32.2. The molecule has 6 nitrogen and oxygen atoms in total. The minimum absolute atomic E-state index is 0.273. The molecule has 0 aromatic heterocycles. The Kier molecular flexibility index (Phi) is 5.85. The molecule has 0 bridgehead atoms. The number of sulfonamides is 1. The van der Waals surface area contributed by atoms with Crippen molar-refractivity contribution in [3.8, 4) is 5.75 Å².